The number of rotatable bonds is 1. The number of halogens is 5. The number of alkyl halides is 3. The average molecular weight is 430 g/mol. The molecular weight excluding hydrogens is 423 g/mol. The first-order valence-electron chi connectivity index (χ1n) is 8.11. The maximum absolute atomic E-state index is 15.4. The monoisotopic (exact) mass is 430 g/mol. The van der Waals surface area contributed by atoms with Gasteiger partial charge in [0.15, 0.2) is 0 Å². The molecular formula is C20H7F5N4S. The summed E-state index contributed by atoms with van der Waals surface area (Å²) < 4.78 is 70.1. The second-order valence-corrected chi connectivity index (χ2v) is 7.37. The van der Waals surface area contributed by atoms with E-state index in [4.69, 9.17) is 23.7 Å². The number of hydrogen-bond donors (Lipinski definition) is 0. The van der Waals surface area contributed by atoms with Crippen molar-refractivity contribution >= 4 is 22.2 Å². The van der Waals surface area contributed by atoms with Crippen LogP contribution in [-0.4, -0.2) is 5.51 Å². The summed E-state index contributed by atoms with van der Waals surface area (Å²) in [5, 5.41) is 17.4. The van der Waals surface area contributed by atoms with E-state index in [1.165, 1.54) is 19.1 Å². The number of nitriles is 2. The van der Waals surface area contributed by atoms with Gasteiger partial charge >= 0.3 is 11.3 Å². The number of benzene rings is 1. The fourth-order valence-corrected chi connectivity index (χ4v) is 4.45. The van der Waals surface area contributed by atoms with Crippen LogP contribution in [0.4, 0.5) is 22.0 Å². The molecule has 3 rings (SSSR count). The second kappa shape index (κ2) is 7.34. The highest BCUT2D eigenvalue weighted by atomic mass is 32.2. The molecule has 0 bridgehead atoms. The van der Waals surface area contributed by atoms with Crippen molar-refractivity contribution in [2.24, 2.45) is 0 Å². The standard InChI is InChI=1S/C20H7F5N4S/c1-8-10(19(28-2)29-3)4-12-14(8)16(21)13-5-11(9(6-26)7-27)18(15(13)17(12)22)30-20(23,24)25/h4-5H2,1H3. The molecule has 0 unspecified atom stereocenters. The van der Waals surface area contributed by atoms with E-state index in [1.54, 1.807) is 0 Å². The number of fused-ring (bicyclic) bond motifs is 2. The molecule has 0 amide bonds. The Kier molecular flexibility index (Phi) is 5.16. The maximum atomic E-state index is 15.4. The van der Waals surface area contributed by atoms with Crippen molar-refractivity contribution in [1.29, 1.82) is 10.5 Å². The normalized spacial score (nSPS) is 14.5. The summed E-state index contributed by atoms with van der Waals surface area (Å²) in [6.45, 7) is 15.5. The molecule has 0 spiro atoms. The zero-order valence-corrected chi connectivity index (χ0v) is 15.8. The molecule has 30 heavy (non-hydrogen) atoms. The van der Waals surface area contributed by atoms with Gasteiger partial charge in [-0.25, -0.2) is 8.78 Å². The quantitative estimate of drug-likeness (QED) is 0.385. The van der Waals surface area contributed by atoms with Gasteiger partial charge in [0.2, 0.25) is 0 Å². The van der Waals surface area contributed by atoms with Crippen LogP contribution in [0.5, 0.6) is 0 Å². The second-order valence-electron chi connectivity index (χ2n) is 6.29. The zero-order valence-electron chi connectivity index (χ0n) is 15.0. The Morgan fingerprint density at radius 1 is 0.967 bits per heavy atom. The van der Waals surface area contributed by atoms with Crippen LogP contribution in [0.1, 0.15) is 18.1 Å². The van der Waals surface area contributed by atoms with Crippen LogP contribution >= 0.6 is 11.8 Å². The van der Waals surface area contributed by atoms with E-state index in [2.05, 4.69) is 9.69 Å². The lowest BCUT2D eigenvalue weighted by atomic mass is 10.0. The van der Waals surface area contributed by atoms with E-state index < -0.39 is 51.0 Å². The highest BCUT2D eigenvalue weighted by molar-refractivity contribution is 8.09. The third-order valence-electron chi connectivity index (χ3n) is 4.83. The van der Waals surface area contributed by atoms with Crippen molar-refractivity contribution in [1.82, 2.24) is 0 Å². The molecule has 0 aromatic heterocycles. The minimum Gasteiger partial charge on any atom is -0.206 e. The van der Waals surface area contributed by atoms with Crippen molar-refractivity contribution in [2.45, 2.75) is 25.3 Å². The van der Waals surface area contributed by atoms with Crippen molar-refractivity contribution < 1.29 is 22.0 Å². The van der Waals surface area contributed by atoms with Crippen LogP contribution in [0.2, 0.25) is 0 Å². The van der Waals surface area contributed by atoms with Gasteiger partial charge in [0.05, 0.1) is 5.57 Å². The molecule has 4 nitrogen and oxygen atoms in total. The first-order chi connectivity index (χ1) is 14.1. The molecule has 10 heteroatoms. The van der Waals surface area contributed by atoms with E-state index in [0.717, 1.165) is 0 Å². The Morgan fingerprint density at radius 2 is 1.47 bits per heavy atom. The first kappa shape index (κ1) is 21.1. The lowest BCUT2D eigenvalue weighted by Crippen LogP contribution is -2.27. The molecule has 0 N–H and O–H groups in total. The molecule has 1 aromatic rings. The number of nitrogens with zero attached hydrogens (tertiary/aromatic N) is 4. The summed E-state index contributed by atoms with van der Waals surface area (Å²) in [5.41, 5.74) is -6.25. The molecule has 0 fully saturated rings. The molecule has 0 heterocycles. The summed E-state index contributed by atoms with van der Waals surface area (Å²) in [7, 11) is 0. The third kappa shape index (κ3) is 3.12. The smallest absolute Gasteiger partial charge is 0.206 e. The molecule has 0 aliphatic heterocycles. The minimum atomic E-state index is -4.87. The molecule has 0 atom stereocenters. The van der Waals surface area contributed by atoms with E-state index >= 15 is 8.78 Å². The zero-order chi connectivity index (χ0) is 22.4. The van der Waals surface area contributed by atoms with Crippen molar-refractivity contribution in [3.63, 3.8) is 0 Å². The molecule has 1 aromatic carbocycles. The highest BCUT2D eigenvalue weighted by Crippen LogP contribution is 2.44. The molecule has 0 radical (unpaired) electrons. The lowest BCUT2D eigenvalue weighted by Gasteiger charge is -2.09. The fraction of sp³-hybridized carbons (Fsp3) is 0.200. The Morgan fingerprint density at radius 3 is 1.97 bits per heavy atom. The van der Waals surface area contributed by atoms with Gasteiger partial charge in [-0.3, -0.25) is 0 Å². The molecule has 148 valence electrons. The summed E-state index contributed by atoms with van der Waals surface area (Å²) in [4.78, 5) is 5.38. The van der Waals surface area contributed by atoms with E-state index in [9.17, 15) is 13.2 Å². The SMILES string of the molecule is [C-]#[N+]C([N+]#[C-])=C1Cc2c(F)c3c(c(F)c2=C1C)CC(=C(C#N)C#N)C=3SC(F)(F)F. The van der Waals surface area contributed by atoms with Crippen molar-refractivity contribution in [3.05, 3.63) is 78.6 Å². The predicted octanol–water partition coefficient (Wildman–Crippen LogP) is 4.00. The van der Waals surface area contributed by atoms with Gasteiger partial charge in [-0.05, 0) is 36.3 Å². The summed E-state index contributed by atoms with van der Waals surface area (Å²) >= 11 is -0.706. The van der Waals surface area contributed by atoms with Crippen LogP contribution in [-0.2, 0) is 12.8 Å². The van der Waals surface area contributed by atoms with Crippen LogP contribution in [0.25, 0.3) is 20.2 Å². The maximum Gasteiger partial charge on any atom is 0.523 e. The van der Waals surface area contributed by atoms with Gasteiger partial charge in [0.25, 0.3) is 0 Å². The summed E-state index contributed by atoms with van der Waals surface area (Å²) in [6, 6.07) is 2.96. The van der Waals surface area contributed by atoms with Crippen LogP contribution in [0.15, 0.2) is 22.5 Å². The highest BCUT2D eigenvalue weighted by Gasteiger charge is 2.39. The van der Waals surface area contributed by atoms with E-state index in [0.29, 0.717) is 0 Å². The van der Waals surface area contributed by atoms with Gasteiger partial charge in [-0.1, -0.05) is 0 Å². The first-order valence-corrected chi connectivity index (χ1v) is 8.93. The number of thioether (sulfide) groups is 1. The Labute approximate surface area is 171 Å². The predicted molar refractivity (Wildman–Crippen MR) is 97.6 cm³/mol. The van der Waals surface area contributed by atoms with Crippen LogP contribution in [0.3, 0.4) is 0 Å². The molecule has 0 saturated carbocycles. The van der Waals surface area contributed by atoms with Crippen LogP contribution in [0, 0.1) is 47.4 Å². The Bertz CT molecular complexity index is 1340. The van der Waals surface area contributed by atoms with Gasteiger partial charge in [0, 0.05) is 32.9 Å². The topological polar surface area (TPSA) is 56.3 Å². The summed E-state index contributed by atoms with van der Waals surface area (Å²) in [5.74, 6) is -2.45. The van der Waals surface area contributed by atoms with Crippen molar-refractivity contribution in [3.8, 4) is 12.1 Å². The van der Waals surface area contributed by atoms with Gasteiger partial charge < -0.3 is 0 Å². The van der Waals surface area contributed by atoms with Crippen LogP contribution < -0.4 is 10.4 Å². The van der Waals surface area contributed by atoms with Gasteiger partial charge in [-0.15, -0.1) is 0 Å². The number of hydrogen-bond acceptors (Lipinski definition) is 3. The lowest BCUT2D eigenvalue weighted by molar-refractivity contribution is -0.0318. The third-order valence-corrected chi connectivity index (χ3v) is 5.72. The van der Waals surface area contributed by atoms with E-state index in [-0.39, 0.29) is 45.3 Å². The molecule has 2 aliphatic carbocycles. The number of allylic oxidation sites excluding steroid dienone is 2. The molecule has 2 aliphatic rings. The fourth-order valence-electron chi connectivity index (χ4n) is 3.61. The van der Waals surface area contributed by atoms with Crippen molar-refractivity contribution in [2.75, 3.05) is 0 Å². The Hall–Kier alpha value is -3.60. The minimum absolute atomic E-state index is 0.118. The molecule has 0 saturated heterocycles. The van der Waals surface area contributed by atoms with Gasteiger partial charge in [-0.2, -0.15) is 33.4 Å². The Balaban J connectivity index is 2.50. The van der Waals surface area contributed by atoms with E-state index in [1.807, 2.05) is 0 Å². The summed E-state index contributed by atoms with van der Waals surface area (Å²) in [6.07, 6.45) is -0.866. The average Bonchev–Trinajstić information content (AvgIpc) is 3.21. The largest absolute Gasteiger partial charge is 0.523 e. The van der Waals surface area contributed by atoms with Gasteiger partial charge in [0.1, 0.15) is 42.5 Å².